The van der Waals surface area contributed by atoms with Gasteiger partial charge in [-0.1, -0.05) is 23.9 Å². The Bertz CT molecular complexity index is 986. The van der Waals surface area contributed by atoms with Gasteiger partial charge in [0.15, 0.2) is 5.16 Å². The summed E-state index contributed by atoms with van der Waals surface area (Å²) in [4.78, 5) is 26.7. The van der Waals surface area contributed by atoms with Gasteiger partial charge in [-0.3, -0.25) is 19.5 Å². The van der Waals surface area contributed by atoms with Gasteiger partial charge in [0.1, 0.15) is 5.75 Å². The van der Waals surface area contributed by atoms with Gasteiger partial charge in [-0.25, -0.2) is 4.98 Å². The number of carbonyl (C=O) groups excluding carboxylic acids is 1. The summed E-state index contributed by atoms with van der Waals surface area (Å²) in [6, 6.07) is 11.9. The fourth-order valence-electron chi connectivity index (χ4n) is 2.51. The van der Waals surface area contributed by atoms with Gasteiger partial charge in [0.2, 0.25) is 5.91 Å². The van der Waals surface area contributed by atoms with Crippen LogP contribution in [0.3, 0.4) is 0 Å². The maximum Gasteiger partial charge on any atom is 0.271 e. The van der Waals surface area contributed by atoms with E-state index in [4.69, 9.17) is 4.74 Å². The molecular weight excluding hydrogens is 356 g/mol. The highest BCUT2D eigenvalue weighted by atomic mass is 32.2. The molecule has 1 amide bonds. The third-order valence-corrected chi connectivity index (χ3v) is 4.69. The van der Waals surface area contributed by atoms with Crippen LogP contribution >= 0.6 is 11.8 Å². The minimum atomic E-state index is -0.459. The van der Waals surface area contributed by atoms with Crippen LogP contribution in [0.5, 0.6) is 5.75 Å². The molecule has 0 spiro atoms. The van der Waals surface area contributed by atoms with Crippen molar-refractivity contribution in [3.63, 3.8) is 0 Å². The first-order chi connectivity index (χ1) is 12.5. The number of nitrogens with one attached hydrogen (secondary N) is 1. The summed E-state index contributed by atoms with van der Waals surface area (Å²) < 4.78 is 7.28. The Balaban J connectivity index is 2.19. The number of amides is 1. The summed E-state index contributed by atoms with van der Waals surface area (Å²) in [6.45, 7) is 0. The van der Waals surface area contributed by atoms with E-state index in [2.05, 4.69) is 10.3 Å². The van der Waals surface area contributed by atoms with Gasteiger partial charge < -0.3 is 10.1 Å². The fourth-order valence-corrected chi connectivity index (χ4v) is 3.40. The minimum absolute atomic E-state index is 0.0370. The molecule has 1 aromatic heterocycles. The smallest absolute Gasteiger partial charge is 0.271 e. The molecule has 0 atom stereocenters. The summed E-state index contributed by atoms with van der Waals surface area (Å²) in [5.41, 5.74) is 1.87. The van der Waals surface area contributed by atoms with Gasteiger partial charge in [-0.15, -0.1) is 0 Å². The molecule has 0 radical (unpaired) electrons. The number of para-hydroxylation sites is 2. The van der Waals surface area contributed by atoms with Crippen LogP contribution in [0.25, 0.3) is 16.7 Å². The van der Waals surface area contributed by atoms with Crippen molar-refractivity contribution in [1.82, 2.24) is 14.9 Å². The van der Waals surface area contributed by atoms with Gasteiger partial charge in [0, 0.05) is 19.2 Å². The van der Waals surface area contributed by atoms with Crippen LogP contribution in [0.2, 0.25) is 0 Å². The zero-order valence-corrected chi connectivity index (χ0v) is 14.9. The average Bonchev–Trinajstić information content (AvgIpc) is 3.03. The molecule has 0 fully saturated rings. The maximum absolute atomic E-state index is 11.6. The number of nitrogens with zero attached hydrogens (tertiary/aromatic N) is 3. The summed E-state index contributed by atoms with van der Waals surface area (Å²) in [7, 11) is 3.13. The first-order valence-corrected chi connectivity index (χ1v) is 8.67. The van der Waals surface area contributed by atoms with Crippen molar-refractivity contribution in [3.05, 3.63) is 52.6 Å². The molecule has 26 heavy (non-hydrogen) atoms. The number of benzene rings is 2. The Kier molecular flexibility index (Phi) is 5.08. The van der Waals surface area contributed by atoms with E-state index in [1.165, 1.54) is 23.9 Å². The zero-order valence-electron chi connectivity index (χ0n) is 14.1. The number of ether oxygens (including phenoxy) is 1. The van der Waals surface area contributed by atoms with Crippen LogP contribution < -0.4 is 10.1 Å². The number of non-ortho nitro benzene ring substituents is 1. The van der Waals surface area contributed by atoms with Crippen LogP contribution in [0, 0.1) is 10.1 Å². The number of fused-ring (bicyclic) bond motifs is 1. The van der Waals surface area contributed by atoms with Gasteiger partial charge in [0.25, 0.3) is 5.69 Å². The van der Waals surface area contributed by atoms with Gasteiger partial charge in [-0.05, 0) is 18.2 Å². The van der Waals surface area contributed by atoms with E-state index in [1.807, 2.05) is 28.8 Å². The molecule has 3 rings (SSSR count). The quantitative estimate of drug-likeness (QED) is 0.406. The molecule has 1 heterocycles. The summed E-state index contributed by atoms with van der Waals surface area (Å²) in [6.07, 6.45) is 0. The molecule has 9 heteroatoms. The fraction of sp³-hybridized carbons (Fsp3) is 0.176. The number of nitro groups is 1. The molecule has 3 aromatic rings. The predicted molar refractivity (Wildman–Crippen MR) is 99.1 cm³/mol. The van der Waals surface area contributed by atoms with Crippen molar-refractivity contribution >= 4 is 34.4 Å². The predicted octanol–water partition coefficient (Wildman–Crippen LogP) is 2.78. The molecule has 0 saturated heterocycles. The Morgan fingerprint density at radius 3 is 2.81 bits per heavy atom. The van der Waals surface area contributed by atoms with Crippen LogP contribution in [0.15, 0.2) is 47.6 Å². The molecule has 2 aromatic carbocycles. The molecular formula is C17H16N4O4S. The third-order valence-electron chi connectivity index (χ3n) is 3.76. The van der Waals surface area contributed by atoms with Crippen molar-refractivity contribution in [3.8, 4) is 11.4 Å². The van der Waals surface area contributed by atoms with Gasteiger partial charge in [0.05, 0.1) is 34.5 Å². The molecule has 0 bridgehead atoms. The van der Waals surface area contributed by atoms with E-state index in [1.54, 1.807) is 20.2 Å². The number of imidazole rings is 1. The minimum Gasteiger partial charge on any atom is -0.495 e. The third kappa shape index (κ3) is 3.33. The number of nitro benzene ring substituents is 1. The van der Waals surface area contributed by atoms with Crippen molar-refractivity contribution < 1.29 is 14.5 Å². The van der Waals surface area contributed by atoms with E-state index >= 15 is 0 Å². The Morgan fingerprint density at radius 1 is 1.35 bits per heavy atom. The first kappa shape index (κ1) is 17.7. The number of thioether (sulfide) groups is 1. The second-order valence-electron chi connectivity index (χ2n) is 5.29. The van der Waals surface area contributed by atoms with Gasteiger partial charge >= 0.3 is 0 Å². The van der Waals surface area contributed by atoms with Crippen molar-refractivity contribution in [2.75, 3.05) is 19.9 Å². The Labute approximate surface area is 153 Å². The molecule has 134 valence electrons. The second kappa shape index (κ2) is 7.44. The summed E-state index contributed by atoms with van der Waals surface area (Å²) in [5.74, 6) is 0.670. The van der Waals surface area contributed by atoms with Crippen LogP contribution in [-0.4, -0.2) is 40.3 Å². The molecule has 0 unspecified atom stereocenters. The topological polar surface area (TPSA) is 99.3 Å². The lowest BCUT2D eigenvalue weighted by molar-refractivity contribution is -0.384. The first-order valence-electron chi connectivity index (χ1n) is 7.69. The summed E-state index contributed by atoms with van der Waals surface area (Å²) in [5, 5.41) is 14.2. The van der Waals surface area contributed by atoms with E-state index in [0.29, 0.717) is 21.9 Å². The van der Waals surface area contributed by atoms with Crippen LogP contribution in [0.1, 0.15) is 0 Å². The molecule has 0 aliphatic heterocycles. The number of methoxy groups -OCH3 is 1. The number of hydrogen-bond donors (Lipinski definition) is 1. The largest absolute Gasteiger partial charge is 0.495 e. The van der Waals surface area contributed by atoms with E-state index in [-0.39, 0.29) is 17.3 Å². The lowest BCUT2D eigenvalue weighted by Gasteiger charge is -2.12. The highest BCUT2D eigenvalue weighted by molar-refractivity contribution is 7.99. The van der Waals surface area contributed by atoms with Crippen molar-refractivity contribution in [1.29, 1.82) is 0 Å². The van der Waals surface area contributed by atoms with E-state index in [0.717, 1.165) is 5.69 Å². The lowest BCUT2D eigenvalue weighted by atomic mass is 10.2. The molecule has 0 aliphatic rings. The van der Waals surface area contributed by atoms with E-state index < -0.39 is 4.92 Å². The Morgan fingerprint density at radius 2 is 2.12 bits per heavy atom. The van der Waals surface area contributed by atoms with Gasteiger partial charge in [-0.2, -0.15) is 0 Å². The van der Waals surface area contributed by atoms with E-state index in [9.17, 15) is 14.9 Å². The molecule has 8 nitrogen and oxygen atoms in total. The monoisotopic (exact) mass is 372 g/mol. The molecule has 1 N–H and O–H groups in total. The Hall–Kier alpha value is -3.07. The number of aromatic nitrogens is 2. The maximum atomic E-state index is 11.6. The number of carbonyl (C=O) groups is 1. The number of rotatable bonds is 6. The van der Waals surface area contributed by atoms with Crippen molar-refractivity contribution in [2.24, 2.45) is 0 Å². The zero-order chi connectivity index (χ0) is 18.7. The number of hydrogen-bond acceptors (Lipinski definition) is 6. The SMILES string of the molecule is CNC(=O)CSc1nc2cc([N+](=O)[O-])ccc2n1-c1ccccc1OC. The van der Waals surface area contributed by atoms with Crippen LogP contribution in [-0.2, 0) is 4.79 Å². The molecule has 0 aliphatic carbocycles. The second-order valence-corrected chi connectivity index (χ2v) is 6.24. The molecule has 0 saturated carbocycles. The van der Waals surface area contributed by atoms with Crippen LogP contribution in [0.4, 0.5) is 5.69 Å². The lowest BCUT2D eigenvalue weighted by Crippen LogP contribution is -2.20. The normalized spacial score (nSPS) is 10.7. The highest BCUT2D eigenvalue weighted by Gasteiger charge is 2.19. The average molecular weight is 372 g/mol. The summed E-state index contributed by atoms with van der Waals surface area (Å²) >= 11 is 1.25. The standard InChI is InChI=1S/C17H16N4O4S/c1-18-16(22)10-26-17-19-12-9-11(21(23)24)7-8-13(12)20(17)14-5-3-4-6-15(14)25-2/h3-9H,10H2,1-2H3,(H,18,22). The van der Waals surface area contributed by atoms with Crippen molar-refractivity contribution in [2.45, 2.75) is 5.16 Å². The highest BCUT2D eigenvalue weighted by Crippen LogP contribution is 2.33.